The predicted molar refractivity (Wildman–Crippen MR) is 94.0 cm³/mol. The molecule has 0 spiro atoms. The van der Waals surface area contributed by atoms with Crippen molar-refractivity contribution >= 4 is 28.9 Å². The molecular weight excluding hydrogens is 369 g/mol. The average Bonchev–Trinajstić information content (AvgIpc) is 3.08. The minimum atomic E-state index is -4.77. The largest absolute Gasteiger partial charge is 0.573 e. The fourth-order valence-corrected chi connectivity index (χ4v) is 3.02. The summed E-state index contributed by atoms with van der Waals surface area (Å²) < 4.78 is 40.4. The second-order valence-corrected chi connectivity index (χ2v) is 6.32. The number of nitrogens with zero attached hydrogens (tertiary/aromatic N) is 1. The number of carbonyl (C=O) groups excluding carboxylic acids is 1. The van der Waals surface area contributed by atoms with Gasteiger partial charge in [-0.15, -0.1) is 13.2 Å². The minimum absolute atomic E-state index is 0.215. The van der Waals surface area contributed by atoms with E-state index in [1.54, 1.807) is 12.1 Å². The molecule has 1 amide bonds. The Hall–Kier alpha value is -2.41. The highest BCUT2D eigenvalue weighted by Gasteiger charge is 2.31. The van der Waals surface area contributed by atoms with Gasteiger partial charge in [-0.2, -0.15) is 0 Å². The van der Waals surface area contributed by atoms with E-state index >= 15 is 0 Å². The molecule has 26 heavy (non-hydrogen) atoms. The molecule has 0 unspecified atom stereocenters. The molecule has 1 heterocycles. The number of ether oxygens (including phenoxy) is 1. The molecule has 4 nitrogen and oxygen atoms in total. The summed E-state index contributed by atoms with van der Waals surface area (Å²) in [5.74, 6) is -0.819. The highest BCUT2D eigenvalue weighted by Crippen LogP contribution is 2.32. The van der Waals surface area contributed by atoms with E-state index < -0.39 is 12.3 Å². The number of hydrogen-bond acceptors (Lipinski definition) is 3. The standard InChI is InChI=1S/C18H16ClF3N2O2/c19-13-5-8-16(24-9-1-2-10-24)15(11-13)23-17(25)12-3-6-14(7-4-12)26-18(20,21)22/h3-8,11H,1-2,9-10H2,(H,23,25). The summed E-state index contributed by atoms with van der Waals surface area (Å²) in [4.78, 5) is 14.6. The smallest absolute Gasteiger partial charge is 0.406 e. The summed E-state index contributed by atoms with van der Waals surface area (Å²) in [7, 11) is 0. The zero-order valence-electron chi connectivity index (χ0n) is 13.6. The fourth-order valence-electron chi connectivity index (χ4n) is 2.84. The van der Waals surface area contributed by atoms with Gasteiger partial charge >= 0.3 is 6.36 Å². The first-order valence-corrected chi connectivity index (χ1v) is 8.41. The molecule has 1 aliphatic rings. The number of amides is 1. The summed E-state index contributed by atoms with van der Waals surface area (Å²) in [5.41, 5.74) is 1.66. The van der Waals surface area contributed by atoms with Crippen LogP contribution in [0.25, 0.3) is 0 Å². The van der Waals surface area contributed by atoms with Crippen LogP contribution in [0.3, 0.4) is 0 Å². The quantitative estimate of drug-likeness (QED) is 0.798. The maximum absolute atomic E-state index is 12.5. The highest BCUT2D eigenvalue weighted by atomic mass is 35.5. The number of alkyl halides is 3. The van der Waals surface area contributed by atoms with Crippen LogP contribution in [-0.2, 0) is 0 Å². The second kappa shape index (κ2) is 7.45. The van der Waals surface area contributed by atoms with E-state index in [4.69, 9.17) is 11.6 Å². The molecular formula is C18H16ClF3N2O2. The molecule has 2 aromatic carbocycles. The Bertz CT molecular complexity index is 788. The Morgan fingerprint density at radius 3 is 2.35 bits per heavy atom. The van der Waals surface area contributed by atoms with E-state index in [1.165, 1.54) is 12.1 Å². The number of anilines is 2. The molecule has 0 bridgehead atoms. The van der Waals surface area contributed by atoms with Crippen LogP contribution in [0.2, 0.25) is 5.02 Å². The first kappa shape index (κ1) is 18.4. The molecule has 2 aromatic rings. The molecule has 1 fully saturated rings. The SMILES string of the molecule is O=C(Nc1cc(Cl)ccc1N1CCCC1)c1ccc(OC(F)(F)F)cc1. The molecule has 1 N–H and O–H groups in total. The molecule has 3 rings (SSSR count). The molecule has 8 heteroatoms. The van der Waals surface area contributed by atoms with Crippen LogP contribution in [0, 0.1) is 0 Å². The third kappa shape index (κ3) is 4.60. The normalized spacial score (nSPS) is 14.4. The Labute approximate surface area is 153 Å². The van der Waals surface area contributed by atoms with Gasteiger partial charge in [-0.3, -0.25) is 4.79 Å². The van der Waals surface area contributed by atoms with Crippen LogP contribution in [0.15, 0.2) is 42.5 Å². The van der Waals surface area contributed by atoms with Gasteiger partial charge in [0.05, 0.1) is 11.4 Å². The van der Waals surface area contributed by atoms with Crippen LogP contribution in [0.4, 0.5) is 24.5 Å². The van der Waals surface area contributed by atoms with Crippen molar-refractivity contribution in [3.05, 3.63) is 53.1 Å². The van der Waals surface area contributed by atoms with E-state index in [1.807, 2.05) is 6.07 Å². The molecule has 0 aliphatic carbocycles. The van der Waals surface area contributed by atoms with Gasteiger partial charge in [0, 0.05) is 23.7 Å². The van der Waals surface area contributed by atoms with Crippen molar-refractivity contribution in [3.63, 3.8) is 0 Å². The third-order valence-electron chi connectivity index (χ3n) is 4.00. The number of carbonyl (C=O) groups is 1. The maximum atomic E-state index is 12.5. The van der Waals surface area contributed by atoms with Gasteiger partial charge in [-0.25, -0.2) is 0 Å². The Balaban J connectivity index is 1.76. The van der Waals surface area contributed by atoms with Crippen LogP contribution < -0.4 is 15.0 Å². The molecule has 138 valence electrons. The van der Waals surface area contributed by atoms with Gasteiger partial charge in [0.25, 0.3) is 5.91 Å². The van der Waals surface area contributed by atoms with Gasteiger partial charge in [0.2, 0.25) is 0 Å². The van der Waals surface area contributed by atoms with Crippen LogP contribution in [0.5, 0.6) is 5.75 Å². The van der Waals surface area contributed by atoms with E-state index in [2.05, 4.69) is 15.0 Å². The maximum Gasteiger partial charge on any atom is 0.573 e. The molecule has 0 radical (unpaired) electrons. The third-order valence-corrected chi connectivity index (χ3v) is 4.24. The van der Waals surface area contributed by atoms with Crippen molar-refractivity contribution in [2.45, 2.75) is 19.2 Å². The van der Waals surface area contributed by atoms with Gasteiger partial charge in [-0.05, 0) is 55.3 Å². The van der Waals surface area contributed by atoms with Gasteiger partial charge < -0.3 is 15.0 Å². The van der Waals surface area contributed by atoms with E-state index in [-0.39, 0.29) is 11.3 Å². The lowest BCUT2D eigenvalue weighted by Crippen LogP contribution is -2.21. The van der Waals surface area contributed by atoms with Crippen molar-refractivity contribution in [2.24, 2.45) is 0 Å². The monoisotopic (exact) mass is 384 g/mol. The van der Waals surface area contributed by atoms with Crippen molar-refractivity contribution in [2.75, 3.05) is 23.3 Å². The van der Waals surface area contributed by atoms with Crippen LogP contribution >= 0.6 is 11.6 Å². The summed E-state index contributed by atoms with van der Waals surface area (Å²) >= 11 is 6.04. The number of benzene rings is 2. The summed E-state index contributed by atoms with van der Waals surface area (Å²) in [6.07, 6.45) is -2.61. The first-order chi connectivity index (χ1) is 12.3. The lowest BCUT2D eigenvalue weighted by Gasteiger charge is -2.22. The van der Waals surface area contributed by atoms with Gasteiger partial charge in [0.15, 0.2) is 0 Å². The lowest BCUT2D eigenvalue weighted by molar-refractivity contribution is -0.274. The van der Waals surface area contributed by atoms with Gasteiger partial charge in [-0.1, -0.05) is 11.6 Å². The van der Waals surface area contributed by atoms with Crippen LogP contribution in [-0.4, -0.2) is 25.4 Å². The number of rotatable bonds is 4. The van der Waals surface area contributed by atoms with Crippen LogP contribution in [0.1, 0.15) is 23.2 Å². The van der Waals surface area contributed by atoms with Crippen molar-refractivity contribution in [1.29, 1.82) is 0 Å². The van der Waals surface area contributed by atoms with Crippen molar-refractivity contribution < 1.29 is 22.7 Å². The number of nitrogens with one attached hydrogen (secondary N) is 1. The zero-order valence-corrected chi connectivity index (χ0v) is 14.4. The fraction of sp³-hybridized carbons (Fsp3) is 0.278. The van der Waals surface area contributed by atoms with Gasteiger partial charge in [0.1, 0.15) is 5.75 Å². The molecule has 1 saturated heterocycles. The van der Waals surface area contributed by atoms with E-state index in [0.717, 1.165) is 43.8 Å². The van der Waals surface area contributed by atoms with E-state index in [9.17, 15) is 18.0 Å². The number of hydrogen-bond donors (Lipinski definition) is 1. The lowest BCUT2D eigenvalue weighted by atomic mass is 10.2. The highest BCUT2D eigenvalue weighted by molar-refractivity contribution is 6.31. The van der Waals surface area contributed by atoms with E-state index in [0.29, 0.717) is 10.7 Å². The molecule has 1 aliphatic heterocycles. The summed E-state index contributed by atoms with van der Waals surface area (Å²) in [6.45, 7) is 1.79. The zero-order chi connectivity index (χ0) is 18.7. The second-order valence-electron chi connectivity index (χ2n) is 5.88. The Kier molecular flexibility index (Phi) is 5.27. The summed E-state index contributed by atoms with van der Waals surface area (Å²) in [6, 6.07) is 10.0. The Morgan fingerprint density at radius 2 is 1.73 bits per heavy atom. The molecule has 0 saturated carbocycles. The average molecular weight is 385 g/mol. The Morgan fingerprint density at radius 1 is 1.08 bits per heavy atom. The topological polar surface area (TPSA) is 41.6 Å². The summed E-state index contributed by atoms with van der Waals surface area (Å²) in [5, 5.41) is 3.27. The number of halogens is 4. The molecule has 0 aromatic heterocycles. The predicted octanol–water partition coefficient (Wildman–Crippen LogP) is 5.09. The van der Waals surface area contributed by atoms with Crippen molar-refractivity contribution in [1.82, 2.24) is 0 Å². The minimum Gasteiger partial charge on any atom is -0.406 e. The van der Waals surface area contributed by atoms with Crippen molar-refractivity contribution in [3.8, 4) is 5.75 Å². The first-order valence-electron chi connectivity index (χ1n) is 8.03. The molecule has 0 atom stereocenters.